The van der Waals surface area contributed by atoms with Crippen molar-refractivity contribution >= 4 is 17.4 Å². The van der Waals surface area contributed by atoms with Gasteiger partial charge in [-0.2, -0.15) is 9.36 Å². The molecule has 3 heterocycles. The van der Waals surface area contributed by atoms with Crippen molar-refractivity contribution in [1.82, 2.24) is 19.4 Å². The Labute approximate surface area is 119 Å². The Morgan fingerprint density at radius 3 is 3.00 bits per heavy atom. The van der Waals surface area contributed by atoms with Gasteiger partial charge in [-0.05, 0) is 25.4 Å². The first kappa shape index (κ1) is 13.2. The number of carbonyl (C=O) groups is 1. The van der Waals surface area contributed by atoms with Crippen LogP contribution in [0.3, 0.4) is 0 Å². The van der Waals surface area contributed by atoms with Gasteiger partial charge in [-0.15, -0.1) is 0 Å². The van der Waals surface area contributed by atoms with Crippen molar-refractivity contribution in [3.63, 3.8) is 0 Å². The summed E-state index contributed by atoms with van der Waals surface area (Å²) in [4.78, 5) is 19.4. The molecule has 1 saturated heterocycles. The van der Waals surface area contributed by atoms with Gasteiger partial charge in [-0.25, -0.2) is 0 Å². The fraction of sp³-hybridized carbons (Fsp3) is 0.500. The van der Waals surface area contributed by atoms with Crippen LogP contribution in [0.25, 0.3) is 0 Å². The Morgan fingerprint density at radius 1 is 1.50 bits per heavy atom. The summed E-state index contributed by atoms with van der Waals surface area (Å²) in [7, 11) is 0. The highest BCUT2D eigenvalue weighted by Crippen LogP contribution is 2.26. The lowest BCUT2D eigenvalue weighted by molar-refractivity contribution is -0.00583. The number of hydrogen-bond acceptors (Lipinski definition) is 7. The highest BCUT2D eigenvalue weighted by atomic mass is 32.1. The van der Waals surface area contributed by atoms with Crippen LogP contribution in [0.5, 0.6) is 0 Å². The number of carbonyl (C=O) groups excluding carboxylic acids is 1. The van der Waals surface area contributed by atoms with E-state index in [1.807, 2.05) is 13.8 Å². The monoisotopic (exact) mass is 294 g/mol. The highest BCUT2D eigenvalue weighted by molar-refractivity contribution is 7.06. The Balaban J connectivity index is 1.92. The van der Waals surface area contributed by atoms with Gasteiger partial charge in [0.25, 0.3) is 5.91 Å². The van der Waals surface area contributed by atoms with Crippen LogP contribution in [-0.2, 0) is 4.74 Å². The zero-order valence-electron chi connectivity index (χ0n) is 11.2. The summed E-state index contributed by atoms with van der Waals surface area (Å²) in [5.74, 6) is 0.420. The number of hydrogen-bond donors (Lipinski definition) is 0. The van der Waals surface area contributed by atoms with Crippen molar-refractivity contribution in [3.05, 3.63) is 28.4 Å². The molecule has 1 aliphatic heterocycles. The van der Waals surface area contributed by atoms with Crippen molar-refractivity contribution in [3.8, 4) is 0 Å². The van der Waals surface area contributed by atoms with Crippen molar-refractivity contribution in [2.75, 3.05) is 19.8 Å². The minimum atomic E-state index is -0.311. The quantitative estimate of drug-likeness (QED) is 0.831. The van der Waals surface area contributed by atoms with Crippen LogP contribution in [0.15, 0.2) is 10.9 Å². The molecule has 1 fully saturated rings. The van der Waals surface area contributed by atoms with Crippen molar-refractivity contribution in [1.29, 1.82) is 0 Å². The average Bonchev–Trinajstić information content (AvgIpc) is 3.09. The lowest BCUT2D eigenvalue weighted by Crippen LogP contribution is -2.44. The second-order valence-corrected chi connectivity index (χ2v) is 5.56. The second-order valence-electron chi connectivity index (χ2n) is 4.58. The normalized spacial score (nSPS) is 19.3. The van der Waals surface area contributed by atoms with Crippen molar-refractivity contribution in [2.24, 2.45) is 0 Å². The molecule has 1 aliphatic rings. The SMILES string of the molecule is Cc1nsc(C)c1C(=O)N1CCOCC1c1ncon1. The van der Waals surface area contributed by atoms with Gasteiger partial charge in [-0.1, -0.05) is 5.16 Å². The third-order valence-electron chi connectivity index (χ3n) is 3.31. The first-order valence-corrected chi connectivity index (χ1v) is 7.03. The smallest absolute Gasteiger partial charge is 0.257 e. The van der Waals surface area contributed by atoms with E-state index in [-0.39, 0.29) is 11.9 Å². The summed E-state index contributed by atoms with van der Waals surface area (Å²) < 4.78 is 14.4. The Morgan fingerprint density at radius 2 is 2.35 bits per heavy atom. The van der Waals surface area contributed by atoms with Gasteiger partial charge in [0.2, 0.25) is 6.39 Å². The van der Waals surface area contributed by atoms with Gasteiger partial charge in [0, 0.05) is 11.4 Å². The number of rotatable bonds is 2. The Hall–Kier alpha value is -1.80. The summed E-state index contributed by atoms with van der Waals surface area (Å²) in [6, 6.07) is -0.311. The molecule has 0 radical (unpaired) electrons. The predicted molar refractivity (Wildman–Crippen MR) is 70.5 cm³/mol. The van der Waals surface area contributed by atoms with Gasteiger partial charge in [0.05, 0.1) is 24.5 Å². The van der Waals surface area contributed by atoms with E-state index in [1.54, 1.807) is 4.90 Å². The number of aryl methyl sites for hydroxylation is 2. The molecule has 106 valence electrons. The van der Waals surface area contributed by atoms with E-state index >= 15 is 0 Å². The molecule has 3 rings (SSSR count). The number of amides is 1. The predicted octanol–water partition coefficient (Wildman–Crippen LogP) is 1.36. The van der Waals surface area contributed by atoms with Gasteiger partial charge in [-0.3, -0.25) is 4.79 Å². The van der Waals surface area contributed by atoms with E-state index in [0.29, 0.717) is 31.1 Å². The molecule has 20 heavy (non-hydrogen) atoms. The lowest BCUT2D eigenvalue weighted by atomic mass is 10.1. The topological polar surface area (TPSA) is 81.4 Å². The molecule has 0 N–H and O–H groups in total. The molecule has 1 atom stereocenters. The maximum atomic E-state index is 12.8. The number of morpholine rings is 1. The zero-order chi connectivity index (χ0) is 14.1. The lowest BCUT2D eigenvalue weighted by Gasteiger charge is -2.33. The standard InChI is InChI=1S/C12H14N4O3S/c1-7-10(8(2)20-15-7)12(17)16-3-4-18-5-9(16)11-13-6-19-14-11/h6,9H,3-5H2,1-2H3. The maximum Gasteiger partial charge on any atom is 0.257 e. The van der Waals surface area contributed by atoms with E-state index in [9.17, 15) is 4.79 Å². The average molecular weight is 294 g/mol. The number of ether oxygens (including phenoxy) is 1. The number of aromatic nitrogens is 3. The largest absolute Gasteiger partial charge is 0.377 e. The fourth-order valence-electron chi connectivity index (χ4n) is 2.32. The molecule has 0 bridgehead atoms. The molecule has 2 aromatic heterocycles. The van der Waals surface area contributed by atoms with Crippen LogP contribution in [0.1, 0.15) is 32.8 Å². The van der Waals surface area contributed by atoms with Crippen LogP contribution in [0.4, 0.5) is 0 Å². The van der Waals surface area contributed by atoms with Crippen molar-refractivity contribution in [2.45, 2.75) is 19.9 Å². The van der Waals surface area contributed by atoms with Crippen LogP contribution >= 0.6 is 11.5 Å². The zero-order valence-corrected chi connectivity index (χ0v) is 12.0. The molecule has 1 amide bonds. The molecule has 1 unspecified atom stereocenters. The molecule has 8 heteroatoms. The van der Waals surface area contributed by atoms with Gasteiger partial charge in [0.1, 0.15) is 6.04 Å². The van der Waals surface area contributed by atoms with Gasteiger partial charge >= 0.3 is 0 Å². The molecule has 0 aliphatic carbocycles. The van der Waals surface area contributed by atoms with E-state index in [0.717, 1.165) is 10.6 Å². The van der Waals surface area contributed by atoms with Crippen LogP contribution in [0, 0.1) is 13.8 Å². The third-order valence-corrected chi connectivity index (χ3v) is 4.16. The highest BCUT2D eigenvalue weighted by Gasteiger charge is 2.33. The summed E-state index contributed by atoms with van der Waals surface area (Å²) >= 11 is 1.34. The molecule has 7 nitrogen and oxygen atoms in total. The molecular weight excluding hydrogens is 280 g/mol. The summed E-state index contributed by atoms with van der Waals surface area (Å²) in [5, 5.41) is 3.83. The molecular formula is C12H14N4O3S. The molecule has 0 aromatic carbocycles. The van der Waals surface area contributed by atoms with E-state index in [2.05, 4.69) is 14.5 Å². The minimum Gasteiger partial charge on any atom is -0.377 e. The van der Waals surface area contributed by atoms with Gasteiger partial charge in [0.15, 0.2) is 5.82 Å². The second kappa shape index (κ2) is 5.29. The van der Waals surface area contributed by atoms with E-state index in [1.165, 1.54) is 17.9 Å². The summed E-state index contributed by atoms with van der Waals surface area (Å²) in [5.41, 5.74) is 1.43. The Kier molecular flexibility index (Phi) is 3.49. The number of nitrogens with zero attached hydrogens (tertiary/aromatic N) is 4. The first-order valence-electron chi connectivity index (χ1n) is 6.26. The first-order chi connectivity index (χ1) is 9.68. The Bertz CT molecular complexity index is 591. The van der Waals surface area contributed by atoms with Gasteiger partial charge < -0.3 is 14.2 Å². The van der Waals surface area contributed by atoms with E-state index in [4.69, 9.17) is 9.26 Å². The fourth-order valence-corrected chi connectivity index (χ4v) is 3.01. The minimum absolute atomic E-state index is 0.0492. The maximum absolute atomic E-state index is 12.8. The summed E-state index contributed by atoms with van der Waals surface area (Å²) in [6.45, 7) is 5.14. The third kappa shape index (κ3) is 2.20. The van der Waals surface area contributed by atoms with Crippen LogP contribution in [0.2, 0.25) is 0 Å². The molecule has 0 spiro atoms. The molecule has 2 aromatic rings. The summed E-state index contributed by atoms with van der Waals surface area (Å²) in [6.07, 6.45) is 1.26. The van der Waals surface area contributed by atoms with Crippen LogP contribution in [-0.4, -0.2) is 45.1 Å². The van der Waals surface area contributed by atoms with Crippen LogP contribution < -0.4 is 0 Å². The van der Waals surface area contributed by atoms with Crippen molar-refractivity contribution < 1.29 is 14.1 Å². The molecule has 0 saturated carbocycles. The van der Waals surface area contributed by atoms with E-state index < -0.39 is 0 Å².